The number of hydrogen-bond donors (Lipinski definition) is 1. The Balaban J connectivity index is 1.55. The third-order valence-corrected chi connectivity index (χ3v) is 6.02. The molecule has 1 N–H and O–H groups in total. The van der Waals surface area contributed by atoms with Crippen molar-refractivity contribution in [3.05, 3.63) is 53.1 Å². The number of carbonyl (C=O) groups is 2. The Morgan fingerprint density at radius 3 is 2.19 bits per heavy atom. The second-order valence-electron chi connectivity index (χ2n) is 8.64. The summed E-state index contributed by atoms with van der Waals surface area (Å²) in [5.41, 5.74) is -3.48. The lowest BCUT2D eigenvalue weighted by molar-refractivity contribution is -0.143. The highest BCUT2D eigenvalue weighted by Crippen LogP contribution is 2.38. The zero-order chi connectivity index (χ0) is 27.0. The van der Waals surface area contributed by atoms with Crippen molar-refractivity contribution in [3.8, 4) is 5.75 Å². The van der Waals surface area contributed by atoms with Crippen molar-refractivity contribution in [2.24, 2.45) is 0 Å². The Morgan fingerprint density at radius 2 is 1.59 bits per heavy atom. The molecule has 2 aromatic rings. The summed E-state index contributed by atoms with van der Waals surface area (Å²) < 4.78 is 89.8. The van der Waals surface area contributed by atoms with Crippen LogP contribution in [0.4, 0.5) is 37.7 Å². The van der Waals surface area contributed by atoms with Gasteiger partial charge in [0.25, 0.3) is 11.8 Å². The number of alkyl halides is 6. The van der Waals surface area contributed by atoms with Gasteiger partial charge in [-0.2, -0.15) is 26.3 Å². The zero-order valence-corrected chi connectivity index (χ0v) is 19.6. The van der Waals surface area contributed by atoms with E-state index in [1.165, 1.54) is 18.2 Å². The summed E-state index contributed by atoms with van der Waals surface area (Å²) in [6, 6.07) is 4.93. The molecular weight excluding hydrogens is 508 g/mol. The second kappa shape index (κ2) is 10.2. The summed E-state index contributed by atoms with van der Waals surface area (Å²) in [4.78, 5) is 29.1. The molecule has 1 fully saturated rings. The van der Waals surface area contributed by atoms with Crippen molar-refractivity contribution in [2.45, 2.75) is 25.4 Å². The van der Waals surface area contributed by atoms with Gasteiger partial charge in [-0.15, -0.1) is 0 Å². The predicted octanol–water partition coefficient (Wildman–Crippen LogP) is 4.42. The van der Waals surface area contributed by atoms with Crippen LogP contribution < -0.4 is 15.0 Å². The Morgan fingerprint density at radius 1 is 0.973 bits per heavy atom. The van der Waals surface area contributed by atoms with E-state index in [0.29, 0.717) is 44.1 Å². The summed E-state index contributed by atoms with van der Waals surface area (Å²) in [6.07, 6.45) is -11.0. The molecule has 0 aliphatic carbocycles. The molecule has 1 unspecified atom stereocenters. The van der Waals surface area contributed by atoms with Gasteiger partial charge < -0.3 is 19.7 Å². The predicted molar refractivity (Wildman–Crippen MR) is 121 cm³/mol. The molecule has 2 aliphatic rings. The van der Waals surface area contributed by atoms with Gasteiger partial charge in [-0.05, 0) is 37.3 Å². The first-order valence-electron chi connectivity index (χ1n) is 11.4. The van der Waals surface area contributed by atoms with Gasteiger partial charge in [-0.25, -0.2) is 0 Å². The maximum absolute atomic E-state index is 13.1. The van der Waals surface area contributed by atoms with E-state index in [1.807, 2.05) is 0 Å². The number of benzene rings is 2. The number of carbonyl (C=O) groups excluding carboxylic acids is 2. The maximum atomic E-state index is 13.1. The van der Waals surface area contributed by atoms with E-state index < -0.39 is 41.1 Å². The molecule has 2 amide bonds. The summed E-state index contributed by atoms with van der Waals surface area (Å²) in [7, 11) is 0. The van der Waals surface area contributed by atoms with Gasteiger partial charge in [0.1, 0.15) is 5.75 Å². The first kappa shape index (κ1) is 26.7. The molecule has 7 nitrogen and oxygen atoms in total. The van der Waals surface area contributed by atoms with Gasteiger partial charge in [0.2, 0.25) is 0 Å². The SMILES string of the molecule is CC1Oc2cc(NC(=O)c3cc(C(F)(F)F)cc(C(F)(F)F)c3)ccc2N(CCN2CCOCC2)C1=O. The maximum Gasteiger partial charge on any atom is 0.416 e. The average molecular weight is 531 g/mol. The molecule has 37 heavy (non-hydrogen) atoms. The largest absolute Gasteiger partial charge is 0.479 e. The number of anilines is 2. The molecule has 1 atom stereocenters. The van der Waals surface area contributed by atoms with Crippen LogP contribution in [0.5, 0.6) is 5.75 Å². The first-order chi connectivity index (χ1) is 17.3. The van der Waals surface area contributed by atoms with Crippen LogP contribution >= 0.6 is 0 Å². The smallest absolute Gasteiger partial charge is 0.416 e. The van der Waals surface area contributed by atoms with Crippen molar-refractivity contribution in [2.75, 3.05) is 49.6 Å². The molecule has 2 heterocycles. The number of nitrogens with zero attached hydrogens (tertiary/aromatic N) is 2. The highest BCUT2D eigenvalue weighted by molar-refractivity contribution is 6.05. The van der Waals surface area contributed by atoms with Crippen LogP contribution in [0.2, 0.25) is 0 Å². The van der Waals surface area contributed by atoms with E-state index in [9.17, 15) is 35.9 Å². The quantitative estimate of drug-likeness (QED) is 0.579. The number of fused-ring (bicyclic) bond motifs is 1. The molecule has 0 spiro atoms. The number of rotatable bonds is 5. The normalized spacial score (nSPS) is 18.8. The average Bonchev–Trinajstić information content (AvgIpc) is 2.83. The topological polar surface area (TPSA) is 71.1 Å². The molecule has 0 aromatic heterocycles. The molecule has 0 saturated carbocycles. The Kier molecular flexibility index (Phi) is 7.38. The van der Waals surface area contributed by atoms with Gasteiger partial charge in [-0.3, -0.25) is 14.5 Å². The standard InChI is InChI=1S/C24H23F6N3O4/c1-14-22(35)33(5-4-32-6-8-36-9-7-32)19-3-2-18(13-20(19)37-14)31-21(34)15-10-16(23(25,26)27)12-17(11-15)24(28,29)30/h2-3,10-14H,4-9H2,1H3,(H,31,34). The lowest BCUT2D eigenvalue weighted by Crippen LogP contribution is -2.48. The van der Waals surface area contributed by atoms with E-state index in [2.05, 4.69) is 10.2 Å². The third kappa shape index (κ3) is 6.16. The van der Waals surface area contributed by atoms with Crippen molar-refractivity contribution in [1.29, 1.82) is 0 Å². The highest BCUT2D eigenvalue weighted by atomic mass is 19.4. The number of morpholine rings is 1. The molecule has 1 saturated heterocycles. The molecule has 2 aliphatic heterocycles. The zero-order valence-electron chi connectivity index (χ0n) is 19.6. The number of halogens is 6. The molecule has 0 radical (unpaired) electrons. The van der Waals surface area contributed by atoms with Crippen molar-refractivity contribution in [1.82, 2.24) is 4.90 Å². The molecule has 200 valence electrons. The summed E-state index contributed by atoms with van der Waals surface area (Å²) in [6.45, 7) is 5.19. The van der Waals surface area contributed by atoms with Crippen LogP contribution in [-0.4, -0.2) is 62.2 Å². The fourth-order valence-electron chi connectivity index (χ4n) is 4.07. The van der Waals surface area contributed by atoms with E-state index in [4.69, 9.17) is 9.47 Å². The fraction of sp³-hybridized carbons (Fsp3) is 0.417. The summed E-state index contributed by atoms with van der Waals surface area (Å²) in [5.74, 6) is -1.19. The van der Waals surface area contributed by atoms with Crippen LogP contribution in [0, 0.1) is 0 Å². The molecular formula is C24H23F6N3O4. The Bertz CT molecular complexity index is 1150. The van der Waals surface area contributed by atoms with Gasteiger partial charge in [0.15, 0.2) is 6.10 Å². The lowest BCUT2D eigenvalue weighted by atomic mass is 10.0. The van der Waals surface area contributed by atoms with Gasteiger partial charge >= 0.3 is 12.4 Å². The van der Waals surface area contributed by atoms with Gasteiger partial charge in [0.05, 0.1) is 30.0 Å². The minimum Gasteiger partial charge on any atom is -0.479 e. The molecule has 2 aromatic carbocycles. The van der Waals surface area contributed by atoms with Crippen molar-refractivity contribution >= 4 is 23.2 Å². The van der Waals surface area contributed by atoms with Crippen LogP contribution in [-0.2, 0) is 21.9 Å². The molecule has 4 rings (SSSR count). The molecule has 0 bridgehead atoms. The molecule has 13 heteroatoms. The van der Waals surface area contributed by atoms with Crippen LogP contribution in [0.3, 0.4) is 0 Å². The van der Waals surface area contributed by atoms with Crippen molar-refractivity contribution in [3.63, 3.8) is 0 Å². The third-order valence-electron chi connectivity index (χ3n) is 6.02. The minimum absolute atomic E-state index is 0.0482. The number of nitrogens with one attached hydrogen (secondary N) is 1. The van der Waals surface area contributed by atoms with Gasteiger partial charge in [-0.1, -0.05) is 0 Å². The van der Waals surface area contributed by atoms with Crippen molar-refractivity contribution < 1.29 is 45.4 Å². The highest BCUT2D eigenvalue weighted by Gasteiger charge is 2.38. The van der Waals surface area contributed by atoms with Crippen LogP contribution in [0.1, 0.15) is 28.4 Å². The number of amides is 2. The minimum atomic E-state index is -5.08. The number of hydrogen-bond acceptors (Lipinski definition) is 5. The van der Waals surface area contributed by atoms with Crippen LogP contribution in [0.25, 0.3) is 0 Å². The van der Waals surface area contributed by atoms with Gasteiger partial charge in [0, 0.05) is 43.5 Å². The van der Waals surface area contributed by atoms with E-state index in [-0.39, 0.29) is 23.4 Å². The summed E-state index contributed by atoms with van der Waals surface area (Å²) >= 11 is 0. The Labute approximate surface area is 207 Å². The summed E-state index contributed by atoms with van der Waals surface area (Å²) in [5, 5.41) is 2.31. The number of ether oxygens (including phenoxy) is 2. The van der Waals surface area contributed by atoms with E-state index in [0.717, 1.165) is 13.1 Å². The van der Waals surface area contributed by atoms with E-state index >= 15 is 0 Å². The Hall–Kier alpha value is -3.32. The second-order valence-corrected chi connectivity index (χ2v) is 8.64. The van der Waals surface area contributed by atoms with Crippen LogP contribution in [0.15, 0.2) is 36.4 Å². The lowest BCUT2D eigenvalue weighted by Gasteiger charge is -2.35. The monoisotopic (exact) mass is 531 g/mol. The van der Waals surface area contributed by atoms with E-state index in [1.54, 1.807) is 11.8 Å². The fourth-order valence-corrected chi connectivity index (χ4v) is 4.07. The first-order valence-corrected chi connectivity index (χ1v) is 11.4.